The average Bonchev–Trinajstić information content (AvgIpc) is 2.37. The number of rotatable bonds is 5. The van der Waals surface area contributed by atoms with Gasteiger partial charge in [-0.05, 0) is 5.56 Å². The van der Waals surface area contributed by atoms with Crippen LogP contribution in [0.15, 0.2) is 30.3 Å². The lowest BCUT2D eigenvalue weighted by molar-refractivity contribution is -0.142. The van der Waals surface area contributed by atoms with Gasteiger partial charge >= 0.3 is 12.1 Å². The molecule has 0 bridgehead atoms. The number of amides is 1. The van der Waals surface area contributed by atoms with Crippen LogP contribution in [-0.4, -0.2) is 41.8 Å². The molecule has 0 radical (unpaired) electrons. The molecule has 0 aromatic heterocycles. The highest BCUT2D eigenvalue weighted by Gasteiger charge is 2.27. The van der Waals surface area contributed by atoms with E-state index in [1.165, 1.54) is 7.05 Å². The summed E-state index contributed by atoms with van der Waals surface area (Å²) >= 11 is 0. The van der Waals surface area contributed by atoms with Gasteiger partial charge in [0.1, 0.15) is 13.3 Å². The van der Waals surface area contributed by atoms with Gasteiger partial charge in [-0.15, -0.1) is 0 Å². The number of hydrogen-bond acceptors (Lipinski definition) is 3. The number of carboxylic acids is 1. The lowest BCUT2D eigenvalue weighted by atomic mass is 10.2. The summed E-state index contributed by atoms with van der Waals surface area (Å²) < 4.78 is 17.3. The number of nitrogens with zero attached hydrogens (tertiary/aromatic N) is 1. The van der Waals surface area contributed by atoms with Crippen molar-refractivity contribution in [3.05, 3.63) is 35.9 Å². The summed E-state index contributed by atoms with van der Waals surface area (Å²) in [6.45, 7) is -1.14. The van der Waals surface area contributed by atoms with Crippen LogP contribution in [0, 0.1) is 0 Å². The number of carbonyl (C=O) groups is 2. The Morgan fingerprint density at radius 2 is 2.00 bits per heavy atom. The fourth-order valence-corrected chi connectivity index (χ4v) is 1.28. The molecule has 1 rings (SSSR count). The van der Waals surface area contributed by atoms with E-state index >= 15 is 0 Å². The van der Waals surface area contributed by atoms with Crippen molar-refractivity contribution in [2.24, 2.45) is 0 Å². The molecule has 1 amide bonds. The molecule has 6 heteroatoms. The highest BCUT2D eigenvalue weighted by atomic mass is 19.1. The number of hydrogen-bond donors (Lipinski definition) is 1. The Labute approximate surface area is 104 Å². The van der Waals surface area contributed by atoms with E-state index in [4.69, 9.17) is 9.84 Å². The molecule has 0 aliphatic rings. The first-order valence-electron chi connectivity index (χ1n) is 5.28. The molecular formula is C12H14FNO4. The molecule has 0 saturated heterocycles. The van der Waals surface area contributed by atoms with E-state index in [-0.39, 0.29) is 6.61 Å². The van der Waals surface area contributed by atoms with E-state index in [1.807, 2.05) is 6.07 Å². The van der Waals surface area contributed by atoms with Crippen molar-refractivity contribution in [1.29, 1.82) is 0 Å². The van der Waals surface area contributed by atoms with E-state index in [9.17, 15) is 14.0 Å². The lowest BCUT2D eigenvalue weighted by Crippen LogP contribution is -2.44. The van der Waals surface area contributed by atoms with E-state index in [2.05, 4.69) is 0 Å². The molecular weight excluding hydrogens is 241 g/mol. The van der Waals surface area contributed by atoms with Crippen molar-refractivity contribution in [1.82, 2.24) is 4.90 Å². The van der Waals surface area contributed by atoms with Gasteiger partial charge < -0.3 is 9.84 Å². The summed E-state index contributed by atoms with van der Waals surface area (Å²) in [5, 5.41) is 8.69. The van der Waals surface area contributed by atoms with Gasteiger partial charge in [0.25, 0.3) is 0 Å². The molecule has 98 valence electrons. The molecule has 0 aliphatic carbocycles. The minimum absolute atomic E-state index is 0.0165. The summed E-state index contributed by atoms with van der Waals surface area (Å²) in [5.41, 5.74) is 0.770. The van der Waals surface area contributed by atoms with Crippen molar-refractivity contribution in [3.8, 4) is 0 Å². The van der Waals surface area contributed by atoms with Crippen molar-refractivity contribution < 1.29 is 23.8 Å². The van der Waals surface area contributed by atoms with Crippen LogP contribution in [0.25, 0.3) is 0 Å². The van der Waals surface area contributed by atoms with Crippen LogP contribution in [0.4, 0.5) is 9.18 Å². The minimum Gasteiger partial charge on any atom is -0.480 e. The molecule has 1 N–H and O–H groups in total. The van der Waals surface area contributed by atoms with E-state index in [0.29, 0.717) is 0 Å². The molecule has 1 aromatic carbocycles. The smallest absolute Gasteiger partial charge is 0.410 e. The van der Waals surface area contributed by atoms with Crippen molar-refractivity contribution in [3.63, 3.8) is 0 Å². The molecule has 1 atom stereocenters. The van der Waals surface area contributed by atoms with Crippen molar-refractivity contribution in [2.75, 3.05) is 13.7 Å². The van der Waals surface area contributed by atoms with Gasteiger partial charge in [0.15, 0.2) is 6.04 Å². The van der Waals surface area contributed by atoms with Crippen LogP contribution in [0.2, 0.25) is 0 Å². The van der Waals surface area contributed by atoms with Gasteiger partial charge in [-0.1, -0.05) is 30.3 Å². The fraction of sp³-hybridized carbons (Fsp3) is 0.333. The molecule has 0 spiro atoms. The van der Waals surface area contributed by atoms with Gasteiger partial charge in [0.2, 0.25) is 0 Å². The maximum atomic E-state index is 12.5. The number of halogens is 1. The second-order valence-electron chi connectivity index (χ2n) is 3.66. The van der Waals surface area contributed by atoms with Gasteiger partial charge in [-0.25, -0.2) is 14.0 Å². The predicted octanol–water partition coefficient (Wildman–Crippen LogP) is 1.68. The molecule has 0 saturated carbocycles. The second-order valence-corrected chi connectivity index (χ2v) is 3.66. The number of alkyl halides is 1. The Morgan fingerprint density at radius 1 is 1.39 bits per heavy atom. The lowest BCUT2D eigenvalue weighted by Gasteiger charge is -2.21. The van der Waals surface area contributed by atoms with Crippen LogP contribution in [0.5, 0.6) is 0 Å². The zero-order valence-electron chi connectivity index (χ0n) is 9.88. The third-order valence-corrected chi connectivity index (χ3v) is 2.39. The van der Waals surface area contributed by atoms with Crippen LogP contribution in [0.1, 0.15) is 5.56 Å². The summed E-state index contributed by atoms with van der Waals surface area (Å²) in [6, 6.07) is 7.39. The van der Waals surface area contributed by atoms with E-state index in [0.717, 1.165) is 10.5 Å². The molecule has 0 fully saturated rings. The van der Waals surface area contributed by atoms with Gasteiger partial charge in [0.05, 0.1) is 0 Å². The first-order valence-corrected chi connectivity index (χ1v) is 5.28. The summed E-state index contributed by atoms with van der Waals surface area (Å²) in [4.78, 5) is 22.9. The monoisotopic (exact) mass is 255 g/mol. The molecule has 5 nitrogen and oxygen atoms in total. The second kappa shape index (κ2) is 6.58. The number of likely N-dealkylation sites (N-methyl/N-ethyl adjacent to an activating group) is 1. The normalized spacial score (nSPS) is 11.7. The number of benzene rings is 1. The van der Waals surface area contributed by atoms with Gasteiger partial charge in [-0.2, -0.15) is 0 Å². The molecule has 0 heterocycles. The van der Waals surface area contributed by atoms with E-state index < -0.39 is 24.8 Å². The Hall–Kier alpha value is -2.11. The topological polar surface area (TPSA) is 66.8 Å². The quantitative estimate of drug-likeness (QED) is 0.869. The molecule has 0 unspecified atom stereocenters. The SMILES string of the molecule is CN(C(=O)OCc1ccccc1)[C@@H](CF)C(=O)O. The van der Waals surface area contributed by atoms with Gasteiger partial charge in [0, 0.05) is 7.05 Å². The Morgan fingerprint density at radius 3 is 2.50 bits per heavy atom. The standard InChI is InChI=1S/C12H14FNO4/c1-14(10(7-13)11(15)16)12(17)18-8-9-5-3-2-4-6-9/h2-6,10H,7-8H2,1H3,(H,15,16)/t10-/m0/s1. The first kappa shape index (κ1) is 14.0. The van der Waals surface area contributed by atoms with E-state index in [1.54, 1.807) is 24.3 Å². The number of carboxylic acid groups (broad SMARTS) is 1. The Balaban J connectivity index is 2.52. The maximum absolute atomic E-state index is 12.5. The summed E-state index contributed by atoms with van der Waals surface area (Å²) in [7, 11) is 1.19. The Bertz CT molecular complexity index is 410. The third-order valence-electron chi connectivity index (χ3n) is 2.39. The molecule has 1 aromatic rings. The average molecular weight is 255 g/mol. The van der Waals surface area contributed by atoms with Gasteiger partial charge in [-0.3, -0.25) is 4.90 Å². The molecule has 18 heavy (non-hydrogen) atoms. The largest absolute Gasteiger partial charge is 0.480 e. The number of carbonyl (C=O) groups excluding carboxylic acids is 1. The fourth-order valence-electron chi connectivity index (χ4n) is 1.28. The minimum atomic E-state index is -1.52. The zero-order chi connectivity index (χ0) is 13.5. The first-order chi connectivity index (χ1) is 8.56. The third kappa shape index (κ3) is 3.73. The highest BCUT2D eigenvalue weighted by molar-refractivity contribution is 5.79. The maximum Gasteiger partial charge on any atom is 0.410 e. The summed E-state index contributed by atoms with van der Waals surface area (Å²) in [6.07, 6.45) is -0.871. The van der Waals surface area contributed by atoms with Crippen LogP contribution in [-0.2, 0) is 16.1 Å². The van der Waals surface area contributed by atoms with Crippen LogP contribution in [0.3, 0.4) is 0 Å². The zero-order valence-corrected chi connectivity index (χ0v) is 9.88. The van der Waals surface area contributed by atoms with Crippen molar-refractivity contribution in [2.45, 2.75) is 12.6 Å². The Kier molecular flexibility index (Phi) is 5.10. The highest BCUT2D eigenvalue weighted by Crippen LogP contribution is 2.05. The summed E-state index contributed by atoms with van der Waals surface area (Å²) in [5.74, 6) is -1.41. The van der Waals surface area contributed by atoms with Crippen LogP contribution >= 0.6 is 0 Å². The predicted molar refractivity (Wildman–Crippen MR) is 61.8 cm³/mol. The van der Waals surface area contributed by atoms with Crippen molar-refractivity contribution >= 4 is 12.1 Å². The van der Waals surface area contributed by atoms with Crippen LogP contribution < -0.4 is 0 Å². The number of ether oxygens (including phenoxy) is 1. The molecule has 0 aliphatic heterocycles. The number of aliphatic carboxylic acids is 1.